The SMILES string of the molecule is [C-]#[N+]N(Cc1cc(C(F)(F)F)cc(C(F)(F)F)c1)Cc1c(C(F)(F)F)nn(C)c1N(CCC)CC1CC1. The first kappa shape index (κ1) is 28.5. The minimum atomic E-state index is -5.09. The number of nitrogens with zero attached hydrogens (tertiary/aromatic N) is 5. The minimum absolute atomic E-state index is 0.0485. The van der Waals surface area contributed by atoms with Crippen molar-refractivity contribution in [1.82, 2.24) is 14.8 Å². The largest absolute Gasteiger partial charge is 0.435 e. The maximum atomic E-state index is 13.9. The van der Waals surface area contributed by atoms with Crippen LogP contribution in [0.2, 0.25) is 0 Å². The second kappa shape index (κ2) is 10.3. The summed E-state index contributed by atoms with van der Waals surface area (Å²) in [4.78, 5) is 4.85. The number of rotatable bonds is 9. The van der Waals surface area contributed by atoms with Gasteiger partial charge in [-0.05, 0) is 48.9 Å². The van der Waals surface area contributed by atoms with Crippen molar-refractivity contribution in [3.63, 3.8) is 0 Å². The van der Waals surface area contributed by atoms with Crippen LogP contribution in [0, 0.1) is 12.5 Å². The number of alkyl halides is 9. The van der Waals surface area contributed by atoms with E-state index in [0.29, 0.717) is 42.6 Å². The zero-order valence-electron chi connectivity index (χ0n) is 19.9. The van der Waals surface area contributed by atoms with Crippen LogP contribution in [0.3, 0.4) is 0 Å². The summed E-state index contributed by atoms with van der Waals surface area (Å²) in [5.74, 6) is 0.418. The molecule has 1 aliphatic carbocycles. The fourth-order valence-electron chi connectivity index (χ4n) is 4.12. The molecule has 0 aliphatic heterocycles. The van der Waals surface area contributed by atoms with E-state index in [9.17, 15) is 39.5 Å². The van der Waals surface area contributed by atoms with Gasteiger partial charge in [-0.2, -0.15) is 56.1 Å². The molecule has 0 unspecified atom stereocenters. The van der Waals surface area contributed by atoms with Crippen LogP contribution in [-0.2, 0) is 38.7 Å². The lowest BCUT2D eigenvalue weighted by molar-refractivity contribution is -0.144. The molecule has 5 nitrogen and oxygen atoms in total. The molecule has 1 aromatic carbocycles. The van der Waals surface area contributed by atoms with E-state index in [4.69, 9.17) is 6.57 Å². The monoisotopic (exact) mass is 541 g/mol. The Kier molecular flexibility index (Phi) is 7.95. The van der Waals surface area contributed by atoms with Crippen molar-refractivity contribution in [3.05, 3.63) is 57.7 Å². The van der Waals surface area contributed by atoms with E-state index in [2.05, 4.69) is 10.1 Å². The Bertz CT molecular complexity index is 1110. The molecule has 0 amide bonds. The van der Waals surface area contributed by atoms with Crippen molar-refractivity contribution in [2.45, 2.75) is 57.8 Å². The topological polar surface area (TPSA) is 28.7 Å². The molecule has 204 valence electrons. The maximum Gasteiger partial charge on any atom is 0.435 e. The molecular weight excluding hydrogens is 517 g/mol. The average Bonchev–Trinajstić information content (AvgIpc) is 3.52. The maximum absolute atomic E-state index is 13.9. The lowest BCUT2D eigenvalue weighted by Crippen LogP contribution is -2.30. The van der Waals surface area contributed by atoms with Crippen LogP contribution in [0.4, 0.5) is 45.3 Å². The Morgan fingerprint density at radius 2 is 1.51 bits per heavy atom. The van der Waals surface area contributed by atoms with Crippen molar-refractivity contribution in [1.29, 1.82) is 0 Å². The third-order valence-corrected chi connectivity index (χ3v) is 5.84. The molecule has 3 rings (SSSR count). The van der Waals surface area contributed by atoms with Crippen LogP contribution >= 0.6 is 0 Å². The van der Waals surface area contributed by atoms with Crippen LogP contribution in [0.1, 0.15) is 54.1 Å². The molecule has 0 atom stereocenters. The fourth-order valence-corrected chi connectivity index (χ4v) is 4.12. The summed E-state index contributed by atoms with van der Waals surface area (Å²) in [7, 11) is 1.33. The summed E-state index contributed by atoms with van der Waals surface area (Å²) in [6.07, 6.45) is -12.6. The number of benzene rings is 1. The highest BCUT2D eigenvalue weighted by Crippen LogP contribution is 2.40. The van der Waals surface area contributed by atoms with E-state index in [0.717, 1.165) is 17.5 Å². The normalized spacial score (nSPS) is 14.5. The number of aromatic nitrogens is 2. The van der Waals surface area contributed by atoms with Gasteiger partial charge in [-0.3, -0.25) is 4.68 Å². The van der Waals surface area contributed by atoms with Gasteiger partial charge < -0.3 is 4.90 Å². The number of aryl methyl sites for hydroxylation is 1. The summed E-state index contributed by atoms with van der Waals surface area (Å²) in [5.41, 5.74) is -5.27. The number of hydrogen-bond acceptors (Lipinski definition) is 3. The number of anilines is 1. The zero-order chi connectivity index (χ0) is 27.8. The number of hydrogen-bond donors (Lipinski definition) is 0. The summed E-state index contributed by atoms with van der Waals surface area (Å²) in [6, 6.07) is 0.866. The number of halogens is 9. The highest BCUT2D eigenvalue weighted by molar-refractivity contribution is 5.51. The first-order chi connectivity index (χ1) is 17.0. The van der Waals surface area contributed by atoms with Crippen molar-refractivity contribution in [2.24, 2.45) is 13.0 Å². The fraction of sp³-hybridized carbons (Fsp3) is 0.565. The van der Waals surface area contributed by atoms with Gasteiger partial charge in [0.25, 0.3) is 0 Å². The first-order valence-electron chi connectivity index (χ1n) is 11.3. The summed E-state index contributed by atoms with van der Waals surface area (Å²) in [5, 5.41) is 4.30. The van der Waals surface area contributed by atoms with Crippen LogP contribution in [-0.4, -0.2) is 27.9 Å². The smallest absolute Gasteiger partial charge is 0.356 e. The lowest BCUT2D eigenvalue weighted by Gasteiger charge is -2.26. The van der Waals surface area contributed by atoms with Gasteiger partial charge in [0.15, 0.2) is 5.69 Å². The Balaban J connectivity index is 2.02. The standard InChI is InChI=1S/C23H24F9N5/c1-4-7-36(11-14-5-6-14)20-18(19(23(30,31)32)34-35(20)3)13-37(33-2)12-15-8-16(21(24,25)26)10-17(9-15)22(27,28)29/h8-10,14H,4-7,11-13H2,1,3H3. The Labute approximate surface area is 207 Å². The quantitative estimate of drug-likeness (QED) is 0.196. The molecule has 1 fully saturated rings. The van der Waals surface area contributed by atoms with E-state index >= 15 is 0 Å². The first-order valence-corrected chi connectivity index (χ1v) is 11.3. The van der Waals surface area contributed by atoms with E-state index in [-0.39, 0.29) is 17.4 Å². The second-order valence-corrected chi connectivity index (χ2v) is 9.00. The second-order valence-electron chi connectivity index (χ2n) is 9.00. The molecule has 1 aromatic heterocycles. The van der Waals surface area contributed by atoms with Crippen LogP contribution in [0.15, 0.2) is 18.2 Å². The Hall–Kier alpha value is -3.11. The van der Waals surface area contributed by atoms with Crippen molar-refractivity contribution in [3.8, 4) is 0 Å². The van der Waals surface area contributed by atoms with Crippen LogP contribution in [0.5, 0.6) is 0 Å². The molecular formula is C23H24F9N5. The van der Waals surface area contributed by atoms with Crippen molar-refractivity contribution < 1.29 is 39.5 Å². The molecule has 0 spiro atoms. The molecule has 1 aliphatic rings. The van der Waals surface area contributed by atoms with Crippen molar-refractivity contribution in [2.75, 3.05) is 18.0 Å². The molecule has 2 aromatic rings. The molecule has 1 heterocycles. The van der Waals surface area contributed by atoms with Crippen molar-refractivity contribution >= 4 is 5.82 Å². The van der Waals surface area contributed by atoms with Gasteiger partial charge in [0.1, 0.15) is 18.9 Å². The van der Waals surface area contributed by atoms with Gasteiger partial charge in [-0.15, -0.1) is 5.01 Å². The molecule has 0 saturated heterocycles. The van der Waals surface area contributed by atoms with Crippen LogP contribution < -0.4 is 4.90 Å². The molecule has 37 heavy (non-hydrogen) atoms. The highest BCUT2D eigenvalue weighted by atomic mass is 19.4. The minimum Gasteiger partial charge on any atom is -0.356 e. The van der Waals surface area contributed by atoms with Gasteiger partial charge in [0.05, 0.1) is 16.7 Å². The predicted octanol–water partition coefficient (Wildman–Crippen LogP) is 6.94. The van der Waals surface area contributed by atoms with E-state index in [1.54, 1.807) is 4.90 Å². The van der Waals surface area contributed by atoms with Gasteiger partial charge in [-0.25, -0.2) is 0 Å². The van der Waals surface area contributed by atoms with E-state index in [1.165, 1.54) is 7.05 Å². The van der Waals surface area contributed by atoms with Gasteiger partial charge in [0, 0.05) is 20.1 Å². The third kappa shape index (κ3) is 7.01. The Morgan fingerprint density at radius 1 is 0.946 bits per heavy atom. The molecule has 0 N–H and O–H groups in total. The third-order valence-electron chi connectivity index (χ3n) is 5.84. The van der Waals surface area contributed by atoms with Gasteiger partial charge >= 0.3 is 18.5 Å². The Morgan fingerprint density at radius 3 is 1.95 bits per heavy atom. The lowest BCUT2D eigenvalue weighted by atomic mass is 10.0. The van der Waals surface area contributed by atoms with Gasteiger partial charge in [-0.1, -0.05) is 6.92 Å². The average molecular weight is 541 g/mol. The summed E-state index contributed by atoms with van der Waals surface area (Å²) < 4.78 is 122. The molecule has 0 radical (unpaired) electrons. The van der Waals surface area contributed by atoms with E-state index in [1.807, 2.05) is 6.92 Å². The summed E-state index contributed by atoms with van der Waals surface area (Å²) >= 11 is 0. The molecule has 14 heteroatoms. The highest BCUT2D eigenvalue weighted by Gasteiger charge is 2.42. The van der Waals surface area contributed by atoms with Gasteiger partial charge in [0.2, 0.25) is 0 Å². The summed E-state index contributed by atoms with van der Waals surface area (Å²) in [6.45, 7) is 8.66. The molecule has 1 saturated carbocycles. The zero-order valence-corrected chi connectivity index (χ0v) is 19.9. The van der Waals surface area contributed by atoms with Crippen LogP contribution in [0.25, 0.3) is 4.95 Å². The predicted molar refractivity (Wildman–Crippen MR) is 116 cm³/mol. The molecule has 0 bridgehead atoms. The van der Waals surface area contributed by atoms with E-state index < -0.39 is 54.0 Å².